The second kappa shape index (κ2) is 7.07. The molecular weight excluding hydrogens is 362 g/mol. The van der Waals surface area contributed by atoms with Gasteiger partial charge in [0.05, 0.1) is 11.4 Å². The maximum Gasteiger partial charge on any atom is 0.243 e. The Balaban J connectivity index is 1.43. The minimum Gasteiger partial charge on any atom is -0.439 e. The van der Waals surface area contributed by atoms with Gasteiger partial charge in [0.25, 0.3) is 0 Å². The first-order valence-corrected chi connectivity index (χ1v) is 10.5. The standard InChI is InChI=1S/C20H23N3O3S/c1-15-7-8-17-18(13-15)26-20(21-17)14-22-9-11-23(12-10-22)27(24,25)19-6-4-3-5-16(19)2/h3-8,13H,9-12,14H2,1-2H3. The summed E-state index contributed by atoms with van der Waals surface area (Å²) in [4.78, 5) is 7.11. The minimum atomic E-state index is -3.45. The highest BCUT2D eigenvalue weighted by molar-refractivity contribution is 7.89. The largest absolute Gasteiger partial charge is 0.439 e. The number of aryl methyl sites for hydroxylation is 2. The quantitative estimate of drug-likeness (QED) is 0.691. The Morgan fingerprint density at radius 2 is 1.78 bits per heavy atom. The lowest BCUT2D eigenvalue weighted by Crippen LogP contribution is -2.48. The van der Waals surface area contributed by atoms with Crippen LogP contribution >= 0.6 is 0 Å². The highest BCUT2D eigenvalue weighted by atomic mass is 32.2. The molecule has 0 atom stereocenters. The minimum absolute atomic E-state index is 0.396. The van der Waals surface area contributed by atoms with E-state index in [1.165, 1.54) is 0 Å². The van der Waals surface area contributed by atoms with E-state index in [1.807, 2.05) is 44.2 Å². The molecule has 0 radical (unpaired) electrons. The van der Waals surface area contributed by atoms with Crippen molar-refractivity contribution in [1.29, 1.82) is 0 Å². The van der Waals surface area contributed by atoms with Gasteiger partial charge in [-0.25, -0.2) is 13.4 Å². The number of benzene rings is 2. The lowest BCUT2D eigenvalue weighted by Gasteiger charge is -2.33. The smallest absolute Gasteiger partial charge is 0.243 e. The molecule has 1 aromatic heterocycles. The molecule has 0 saturated carbocycles. The number of sulfonamides is 1. The average molecular weight is 385 g/mol. The Kier molecular flexibility index (Phi) is 4.75. The zero-order valence-corrected chi connectivity index (χ0v) is 16.4. The topological polar surface area (TPSA) is 66.7 Å². The number of aromatic nitrogens is 1. The summed E-state index contributed by atoms with van der Waals surface area (Å²) in [5, 5.41) is 0. The van der Waals surface area contributed by atoms with Crippen LogP contribution in [0.1, 0.15) is 17.0 Å². The summed E-state index contributed by atoms with van der Waals surface area (Å²) >= 11 is 0. The molecule has 0 aliphatic carbocycles. The lowest BCUT2D eigenvalue weighted by molar-refractivity contribution is 0.169. The molecular formula is C20H23N3O3S. The van der Waals surface area contributed by atoms with Gasteiger partial charge in [0, 0.05) is 26.2 Å². The predicted molar refractivity (Wildman–Crippen MR) is 104 cm³/mol. The summed E-state index contributed by atoms with van der Waals surface area (Å²) < 4.78 is 33.2. The van der Waals surface area contributed by atoms with E-state index in [-0.39, 0.29) is 0 Å². The molecule has 0 bridgehead atoms. The van der Waals surface area contributed by atoms with Gasteiger partial charge < -0.3 is 4.42 Å². The maximum atomic E-state index is 12.9. The van der Waals surface area contributed by atoms with Gasteiger partial charge in [-0.3, -0.25) is 4.90 Å². The van der Waals surface area contributed by atoms with Gasteiger partial charge >= 0.3 is 0 Å². The maximum absolute atomic E-state index is 12.9. The Hall–Kier alpha value is -2.22. The van der Waals surface area contributed by atoms with Crippen molar-refractivity contribution >= 4 is 21.1 Å². The average Bonchev–Trinajstić information content (AvgIpc) is 3.03. The van der Waals surface area contributed by atoms with E-state index in [1.54, 1.807) is 16.4 Å². The molecule has 1 aliphatic rings. The number of oxazole rings is 1. The Morgan fingerprint density at radius 3 is 2.52 bits per heavy atom. The van der Waals surface area contributed by atoms with Crippen LogP contribution in [-0.2, 0) is 16.6 Å². The van der Waals surface area contributed by atoms with Crippen LogP contribution in [0.4, 0.5) is 0 Å². The molecule has 142 valence electrons. The van der Waals surface area contributed by atoms with Gasteiger partial charge in [-0.2, -0.15) is 4.31 Å². The molecule has 2 heterocycles. The first kappa shape index (κ1) is 18.2. The van der Waals surface area contributed by atoms with Crippen molar-refractivity contribution in [2.75, 3.05) is 26.2 Å². The van der Waals surface area contributed by atoms with Crippen LogP contribution in [0.25, 0.3) is 11.1 Å². The molecule has 2 aromatic carbocycles. The van der Waals surface area contributed by atoms with E-state index < -0.39 is 10.0 Å². The van der Waals surface area contributed by atoms with E-state index >= 15 is 0 Å². The summed E-state index contributed by atoms with van der Waals surface area (Å²) in [7, 11) is -3.45. The van der Waals surface area contributed by atoms with E-state index in [4.69, 9.17) is 4.42 Å². The van der Waals surface area contributed by atoms with Crippen molar-refractivity contribution in [2.45, 2.75) is 25.3 Å². The number of hydrogen-bond acceptors (Lipinski definition) is 5. The van der Waals surface area contributed by atoms with Gasteiger partial charge in [0.1, 0.15) is 5.52 Å². The summed E-state index contributed by atoms with van der Waals surface area (Å²) in [6, 6.07) is 13.1. The molecule has 1 aliphatic heterocycles. The zero-order chi connectivity index (χ0) is 19.0. The molecule has 6 nitrogen and oxygen atoms in total. The van der Waals surface area contributed by atoms with Crippen LogP contribution in [-0.4, -0.2) is 48.8 Å². The van der Waals surface area contributed by atoms with Crippen LogP contribution < -0.4 is 0 Å². The third kappa shape index (κ3) is 3.63. The highest BCUT2D eigenvalue weighted by Crippen LogP contribution is 2.22. The van der Waals surface area contributed by atoms with Crippen molar-refractivity contribution in [2.24, 2.45) is 0 Å². The monoisotopic (exact) mass is 385 g/mol. The summed E-state index contributed by atoms with van der Waals surface area (Å²) in [5.41, 5.74) is 3.57. The highest BCUT2D eigenvalue weighted by Gasteiger charge is 2.29. The molecule has 0 N–H and O–H groups in total. The third-order valence-electron chi connectivity index (χ3n) is 4.99. The van der Waals surface area contributed by atoms with Crippen molar-refractivity contribution in [3.63, 3.8) is 0 Å². The van der Waals surface area contributed by atoms with Crippen LogP contribution in [0.2, 0.25) is 0 Å². The fourth-order valence-corrected chi connectivity index (χ4v) is 5.10. The van der Waals surface area contributed by atoms with Crippen molar-refractivity contribution in [1.82, 2.24) is 14.2 Å². The second-order valence-corrected chi connectivity index (χ2v) is 8.93. The van der Waals surface area contributed by atoms with Gasteiger partial charge in [-0.15, -0.1) is 0 Å². The molecule has 0 unspecified atom stereocenters. The van der Waals surface area contributed by atoms with E-state index in [2.05, 4.69) is 9.88 Å². The summed E-state index contributed by atoms with van der Waals surface area (Å²) in [6.07, 6.45) is 0. The fraction of sp³-hybridized carbons (Fsp3) is 0.350. The number of hydrogen-bond donors (Lipinski definition) is 0. The predicted octanol–water partition coefficient (Wildman–Crippen LogP) is 2.95. The van der Waals surface area contributed by atoms with Crippen molar-refractivity contribution in [3.05, 3.63) is 59.5 Å². The SMILES string of the molecule is Cc1ccc2nc(CN3CCN(S(=O)(=O)c4ccccc4C)CC3)oc2c1. The number of rotatable bonds is 4. The number of fused-ring (bicyclic) bond motifs is 1. The third-order valence-corrected chi connectivity index (χ3v) is 7.05. The molecule has 0 amide bonds. The van der Waals surface area contributed by atoms with Crippen LogP contribution in [0.5, 0.6) is 0 Å². The molecule has 27 heavy (non-hydrogen) atoms. The Bertz CT molecular complexity index is 1070. The molecule has 4 rings (SSSR count). The first-order valence-electron chi connectivity index (χ1n) is 9.08. The molecule has 3 aromatic rings. The van der Waals surface area contributed by atoms with Crippen LogP contribution in [0.3, 0.4) is 0 Å². The molecule has 1 saturated heterocycles. The van der Waals surface area contributed by atoms with E-state index in [9.17, 15) is 8.42 Å². The van der Waals surface area contributed by atoms with Crippen LogP contribution in [0.15, 0.2) is 51.8 Å². The van der Waals surface area contributed by atoms with Gasteiger partial charge in [0.15, 0.2) is 5.58 Å². The van der Waals surface area contributed by atoms with Crippen molar-refractivity contribution in [3.8, 4) is 0 Å². The Morgan fingerprint density at radius 1 is 1.04 bits per heavy atom. The number of piperazine rings is 1. The van der Waals surface area contributed by atoms with Crippen molar-refractivity contribution < 1.29 is 12.8 Å². The molecule has 1 fully saturated rings. The zero-order valence-electron chi connectivity index (χ0n) is 15.6. The number of nitrogens with zero attached hydrogens (tertiary/aromatic N) is 3. The fourth-order valence-electron chi connectivity index (χ4n) is 3.45. The molecule has 7 heteroatoms. The summed E-state index contributed by atoms with van der Waals surface area (Å²) in [6.45, 7) is 6.69. The lowest BCUT2D eigenvalue weighted by atomic mass is 10.2. The molecule has 0 spiro atoms. The van der Waals surface area contributed by atoms with Crippen LogP contribution in [0, 0.1) is 13.8 Å². The van der Waals surface area contributed by atoms with E-state index in [0.717, 1.165) is 22.2 Å². The van der Waals surface area contributed by atoms with E-state index in [0.29, 0.717) is 43.5 Å². The van der Waals surface area contributed by atoms with Gasteiger partial charge in [-0.1, -0.05) is 24.3 Å². The Labute approximate surface area is 159 Å². The second-order valence-electron chi connectivity index (χ2n) is 7.02. The normalized spacial score (nSPS) is 16.8. The van der Waals surface area contributed by atoms with Gasteiger partial charge in [-0.05, 0) is 43.2 Å². The summed E-state index contributed by atoms with van der Waals surface area (Å²) in [5.74, 6) is 0.672. The van der Waals surface area contributed by atoms with Gasteiger partial charge in [0.2, 0.25) is 15.9 Å². The first-order chi connectivity index (χ1) is 12.9.